The Kier molecular flexibility index (Phi) is 4.61. The Morgan fingerprint density at radius 3 is 1.50 bits per heavy atom. The molecule has 0 unspecified atom stereocenters. The monoisotopic (exact) mass is 267 g/mol. The molecular formula is C19H25N. The van der Waals surface area contributed by atoms with Crippen LogP contribution in [0.15, 0.2) is 48.5 Å². The molecule has 0 fully saturated rings. The van der Waals surface area contributed by atoms with Gasteiger partial charge in [-0.3, -0.25) is 0 Å². The maximum Gasteiger partial charge on any atom is 0.0178 e. The highest BCUT2D eigenvalue weighted by Gasteiger charge is 2.12. The molecule has 20 heavy (non-hydrogen) atoms. The predicted molar refractivity (Wildman–Crippen MR) is 86.9 cm³/mol. The van der Waals surface area contributed by atoms with Gasteiger partial charge in [-0.05, 0) is 40.5 Å². The lowest BCUT2D eigenvalue weighted by molar-refractivity contribution is 0.590. The minimum absolute atomic E-state index is 0.233. The average Bonchev–Trinajstić information content (AvgIpc) is 2.45. The third-order valence-corrected chi connectivity index (χ3v) is 3.78. The van der Waals surface area contributed by atoms with Crippen LogP contribution < -0.4 is 5.73 Å². The van der Waals surface area contributed by atoms with E-state index in [0.29, 0.717) is 6.54 Å². The fraction of sp³-hybridized carbons (Fsp3) is 0.368. The van der Waals surface area contributed by atoms with Crippen molar-refractivity contribution < 1.29 is 0 Å². The number of rotatable bonds is 4. The van der Waals surface area contributed by atoms with Crippen molar-refractivity contribution in [1.82, 2.24) is 0 Å². The minimum Gasteiger partial charge on any atom is -0.326 e. The summed E-state index contributed by atoms with van der Waals surface area (Å²) in [7, 11) is 0. The molecule has 0 aliphatic rings. The molecule has 0 amide bonds. The largest absolute Gasteiger partial charge is 0.326 e. The molecule has 2 aromatic rings. The van der Waals surface area contributed by atoms with Crippen molar-refractivity contribution in [3.05, 3.63) is 70.8 Å². The van der Waals surface area contributed by atoms with Crippen molar-refractivity contribution in [2.75, 3.05) is 0 Å². The second-order valence-electron chi connectivity index (χ2n) is 6.47. The molecule has 0 aliphatic heterocycles. The van der Waals surface area contributed by atoms with Crippen LogP contribution >= 0.6 is 0 Å². The molecule has 0 aromatic heterocycles. The smallest absolute Gasteiger partial charge is 0.0178 e. The molecule has 1 nitrogen and oxygen atoms in total. The number of benzene rings is 2. The molecule has 0 heterocycles. The Morgan fingerprint density at radius 1 is 0.700 bits per heavy atom. The Labute approximate surface area is 122 Å². The van der Waals surface area contributed by atoms with E-state index < -0.39 is 0 Å². The van der Waals surface area contributed by atoms with Gasteiger partial charge in [-0.1, -0.05) is 69.3 Å². The van der Waals surface area contributed by atoms with E-state index in [9.17, 15) is 0 Å². The molecule has 0 aliphatic carbocycles. The zero-order chi connectivity index (χ0) is 14.6. The van der Waals surface area contributed by atoms with Crippen LogP contribution in [0, 0.1) is 0 Å². The average molecular weight is 267 g/mol. The quantitative estimate of drug-likeness (QED) is 0.881. The number of hydrogen-bond acceptors (Lipinski definition) is 1. The summed E-state index contributed by atoms with van der Waals surface area (Å²) in [6.45, 7) is 7.37. The van der Waals surface area contributed by atoms with Gasteiger partial charge in [0, 0.05) is 6.54 Å². The van der Waals surface area contributed by atoms with Crippen LogP contribution in [0.5, 0.6) is 0 Å². The molecule has 1 heteroatoms. The number of aryl methyl sites for hydroxylation is 2. The molecule has 0 spiro atoms. The standard InChI is InChI=1S/C19H25N/c1-19(2,3)18-12-10-16(11-13-18)5-4-15-6-8-17(14-20)9-7-15/h6-13H,4-5,14,20H2,1-3H3. The fourth-order valence-corrected chi connectivity index (χ4v) is 2.30. The normalized spacial score (nSPS) is 11.6. The van der Waals surface area contributed by atoms with Crippen LogP contribution in [-0.4, -0.2) is 0 Å². The van der Waals surface area contributed by atoms with Crippen molar-refractivity contribution >= 4 is 0 Å². The highest BCUT2D eigenvalue weighted by atomic mass is 14.5. The molecule has 2 N–H and O–H groups in total. The highest BCUT2D eigenvalue weighted by molar-refractivity contribution is 5.29. The molecule has 0 bridgehead atoms. The van der Waals surface area contributed by atoms with Crippen molar-refractivity contribution in [2.24, 2.45) is 5.73 Å². The minimum atomic E-state index is 0.233. The summed E-state index contributed by atoms with van der Waals surface area (Å²) in [4.78, 5) is 0. The van der Waals surface area contributed by atoms with Gasteiger partial charge in [-0.25, -0.2) is 0 Å². The second-order valence-corrected chi connectivity index (χ2v) is 6.47. The highest BCUT2D eigenvalue weighted by Crippen LogP contribution is 2.22. The van der Waals surface area contributed by atoms with Gasteiger partial charge in [0.05, 0.1) is 0 Å². The lowest BCUT2D eigenvalue weighted by atomic mass is 9.86. The third-order valence-electron chi connectivity index (χ3n) is 3.78. The molecule has 2 rings (SSSR count). The van der Waals surface area contributed by atoms with Gasteiger partial charge in [0.15, 0.2) is 0 Å². The first-order valence-electron chi connectivity index (χ1n) is 7.36. The van der Waals surface area contributed by atoms with Gasteiger partial charge in [0.1, 0.15) is 0 Å². The van der Waals surface area contributed by atoms with Gasteiger partial charge < -0.3 is 5.73 Å². The van der Waals surface area contributed by atoms with Crippen LogP contribution in [0.1, 0.15) is 43.0 Å². The Morgan fingerprint density at radius 2 is 1.10 bits per heavy atom. The predicted octanol–water partition coefficient (Wildman–Crippen LogP) is 4.23. The lowest BCUT2D eigenvalue weighted by Gasteiger charge is -2.19. The van der Waals surface area contributed by atoms with Crippen LogP contribution in [0.3, 0.4) is 0 Å². The molecule has 0 radical (unpaired) electrons. The molecular weight excluding hydrogens is 242 g/mol. The van der Waals surface area contributed by atoms with Gasteiger partial charge >= 0.3 is 0 Å². The lowest BCUT2D eigenvalue weighted by Crippen LogP contribution is -2.10. The Hall–Kier alpha value is -1.60. The summed E-state index contributed by atoms with van der Waals surface area (Å²) >= 11 is 0. The number of nitrogens with two attached hydrogens (primary N) is 1. The molecule has 0 saturated carbocycles. The summed E-state index contributed by atoms with van der Waals surface area (Å²) in [5.74, 6) is 0. The first-order chi connectivity index (χ1) is 9.49. The molecule has 2 aromatic carbocycles. The van der Waals surface area contributed by atoms with Crippen molar-refractivity contribution in [1.29, 1.82) is 0 Å². The zero-order valence-electron chi connectivity index (χ0n) is 12.8. The van der Waals surface area contributed by atoms with Crippen LogP contribution in [0.2, 0.25) is 0 Å². The van der Waals surface area contributed by atoms with E-state index in [4.69, 9.17) is 5.73 Å². The summed E-state index contributed by atoms with van der Waals surface area (Å²) in [6, 6.07) is 17.6. The summed E-state index contributed by atoms with van der Waals surface area (Å²) in [5.41, 5.74) is 11.2. The van der Waals surface area contributed by atoms with Gasteiger partial charge in [-0.2, -0.15) is 0 Å². The molecule has 106 valence electrons. The summed E-state index contributed by atoms with van der Waals surface area (Å²) < 4.78 is 0. The van der Waals surface area contributed by atoms with Crippen molar-refractivity contribution in [3.63, 3.8) is 0 Å². The van der Waals surface area contributed by atoms with Gasteiger partial charge in [0.25, 0.3) is 0 Å². The summed E-state index contributed by atoms with van der Waals surface area (Å²) in [6.07, 6.45) is 2.17. The zero-order valence-corrected chi connectivity index (χ0v) is 12.8. The maximum absolute atomic E-state index is 5.61. The maximum atomic E-state index is 5.61. The van der Waals surface area contributed by atoms with Crippen LogP contribution in [0.4, 0.5) is 0 Å². The number of hydrogen-bond donors (Lipinski definition) is 1. The topological polar surface area (TPSA) is 26.0 Å². The fourth-order valence-electron chi connectivity index (χ4n) is 2.30. The molecule has 0 atom stereocenters. The van der Waals surface area contributed by atoms with E-state index in [1.54, 1.807) is 0 Å². The van der Waals surface area contributed by atoms with E-state index in [0.717, 1.165) is 12.8 Å². The van der Waals surface area contributed by atoms with Crippen LogP contribution in [-0.2, 0) is 24.8 Å². The Balaban J connectivity index is 1.96. The van der Waals surface area contributed by atoms with Crippen molar-refractivity contribution in [2.45, 2.75) is 45.6 Å². The molecule has 0 saturated heterocycles. The first kappa shape index (κ1) is 14.8. The van der Waals surface area contributed by atoms with Crippen LogP contribution in [0.25, 0.3) is 0 Å². The van der Waals surface area contributed by atoms with Crippen molar-refractivity contribution in [3.8, 4) is 0 Å². The van der Waals surface area contributed by atoms with Gasteiger partial charge in [0.2, 0.25) is 0 Å². The van der Waals surface area contributed by atoms with E-state index in [2.05, 4.69) is 69.3 Å². The summed E-state index contributed by atoms with van der Waals surface area (Å²) in [5, 5.41) is 0. The van der Waals surface area contributed by atoms with E-state index in [1.807, 2.05) is 0 Å². The first-order valence-corrected chi connectivity index (χ1v) is 7.36. The Bertz CT molecular complexity index is 529. The SMILES string of the molecule is CC(C)(C)c1ccc(CCc2ccc(CN)cc2)cc1. The second kappa shape index (κ2) is 6.23. The van der Waals surface area contributed by atoms with E-state index >= 15 is 0 Å². The third kappa shape index (κ3) is 3.94. The van der Waals surface area contributed by atoms with E-state index in [-0.39, 0.29) is 5.41 Å². The van der Waals surface area contributed by atoms with E-state index in [1.165, 1.54) is 22.3 Å². The van der Waals surface area contributed by atoms with Gasteiger partial charge in [-0.15, -0.1) is 0 Å².